The van der Waals surface area contributed by atoms with Gasteiger partial charge in [0, 0.05) is 19.3 Å². The van der Waals surface area contributed by atoms with E-state index in [1.165, 1.54) is 24.0 Å². The molecule has 28 heavy (non-hydrogen) atoms. The molecule has 0 bridgehead atoms. The highest BCUT2D eigenvalue weighted by atomic mass is 16.2. The van der Waals surface area contributed by atoms with Gasteiger partial charge >= 0.3 is 6.03 Å². The third-order valence-electron chi connectivity index (χ3n) is 5.54. The minimum absolute atomic E-state index is 0.0273. The number of fused-ring (bicyclic) bond motifs is 1. The van der Waals surface area contributed by atoms with Crippen molar-refractivity contribution in [3.8, 4) is 0 Å². The molecule has 1 aliphatic heterocycles. The Morgan fingerprint density at radius 1 is 1.14 bits per heavy atom. The Morgan fingerprint density at radius 2 is 1.82 bits per heavy atom. The zero-order valence-electron chi connectivity index (χ0n) is 17.1. The van der Waals surface area contributed by atoms with Crippen molar-refractivity contribution in [2.24, 2.45) is 0 Å². The van der Waals surface area contributed by atoms with Crippen molar-refractivity contribution >= 4 is 29.2 Å². The maximum atomic E-state index is 12.9. The van der Waals surface area contributed by atoms with Gasteiger partial charge in [-0.2, -0.15) is 4.98 Å². The standard InChI is InChI=1S/C21H28N6O/c1-5-26-21(28)25(4)18-13-22-20(23-16-11-14(2)10-15(3)12-16)24-19(18)27(26)17-8-6-7-9-17/h10-13,17H,5-9H2,1-4H3,(H,22,23,24). The number of nitrogens with zero attached hydrogens (tertiary/aromatic N) is 5. The van der Waals surface area contributed by atoms with Crippen LogP contribution in [0.15, 0.2) is 24.4 Å². The van der Waals surface area contributed by atoms with Crippen molar-refractivity contribution in [3.05, 3.63) is 35.5 Å². The molecule has 4 rings (SSSR count). The average Bonchev–Trinajstić information content (AvgIpc) is 3.17. The minimum Gasteiger partial charge on any atom is -0.324 e. The summed E-state index contributed by atoms with van der Waals surface area (Å²) in [4.78, 5) is 23.8. The van der Waals surface area contributed by atoms with Gasteiger partial charge in [0.1, 0.15) is 5.69 Å². The highest BCUT2D eigenvalue weighted by Crippen LogP contribution is 2.38. The molecule has 1 fully saturated rings. The van der Waals surface area contributed by atoms with Crippen LogP contribution < -0.4 is 15.2 Å². The molecule has 0 spiro atoms. The molecule has 1 aromatic heterocycles. The van der Waals surface area contributed by atoms with Crippen molar-refractivity contribution in [2.75, 3.05) is 28.8 Å². The van der Waals surface area contributed by atoms with Gasteiger partial charge in [-0.1, -0.05) is 18.9 Å². The van der Waals surface area contributed by atoms with Crippen molar-refractivity contribution in [1.29, 1.82) is 0 Å². The summed E-state index contributed by atoms with van der Waals surface area (Å²) in [5.41, 5.74) is 4.11. The molecule has 0 unspecified atom stereocenters. The molecular formula is C21H28N6O. The summed E-state index contributed by atoms with van der Waals surface area (Å²) in [5.74, 6) is 1.35. The van der Waals surface area contributed by atoms with Crippen LogP contribution in [0, 0.1) is 13.8 Å². The van der Waals surface area contributed by atoms with Crippen LogP contribution in [-0.4, -0.2) is 40.6 Å². The number of aryl methyl sites for hydroxylation is 2. The Balaban J connectivity index is 1.74. The van der Waals surface area contributed by atoms with E-state index in [0.29, 0.717) is 18.5 Å². The van der Waals surface area contributed by atoms with Crippen LogP contribution in [0.3, 0.4) is 0 Å². The van der Waals surface area contributed by atoms with Crippen LogP contribution in [0.5, 0.6) is 0 Å². The summed E-state index contributed by atoms with van der Waals surface area (Å²) in [6, 6.07) is 6.58. The van der Waals surface area contributed by atoms with Crippen molar-refractivity contribution in [2.45, 2.75) is 52.5 Å². The molecule has 2 aliphatic rings. The monoisotopic (exact) mass is 380 g/mol. The lowest BCUT2D eigenvalue weighted by atomic mass is 10.1. The molecule has 1 aromatic carbocycles. The molecule has 1 N–H and O–H groups in total. The predicted molar refractivity (Wildman–Crippen MR) is 112 cm³/mol. The average molecular weight is 380 g/mol. The van der Waals surface area contributed by atoms with Crippen LogP contribution in [0.4, 0.5) is 27.9 Å². The Morgan fingerprint density at radius 3 is 2.46 bits per heavy atom. The minimum atomic E-state index is -0.0273. The molecule has 0 saturated heterocycles. The van der Waals surface area contributed by atoms with Gasteiger partial charge in [0.25, 0.3) is 0 Å². The van der Waals surface area contributed by atoms with E-state index in [4.69, 9.17) is 4.98 Å². The lowest BCUT2D eigenvalue weighted by Crippen LogP contribution is -2.59. The van der Waals surface area contributed by atoms with Gasteiger partial charge in [0.15, 0.2) is 5.82 Å². The largest absolute Gasteiger partial charge is 0.343 e. The lowest BCUT2D eigenvalue weighted by molar-refractivity contribution is 0.191. The van der Waals surface area contributed by atoms with Crippen LogP contribution in [0.2, 0.25) is 0 Å². The molecule has 0 atom stereocenters. The van der Waals surface area contributed by atoms with Gasteiger partial charge in [0.05, 0.1) is 12.2 Å². The lowest BCUT2D eigenvalue weighted by Gasteiger charge is -2.45. The quantitative estimate of drug-likeness (QED) is 0.852. The molecule has 7 nitrogen and oxygen atoms in total. The van der Waals surface area contributed by atoms with Crippen LogP contribution >= 0.6 is 0 Å². The molecule has 2 amide bonds. The summed E-state index contributed by atoms with van der Waals surface area (Å²) < 4.78 is 0. The second-order valence-electron chi connectivity index (χ2n) is 7.74. The van der Waals surface area contributed by atoms with E-state index in [2.05, 4.69) is 47.4 Å². The van der Waals surface area contributed by atoms with Crippen LogP contribution in [-0.2, 0) is 0 Å². The first-order valence-electron chi connectivity index (χ1n) is 10.0. The van der Waals surface area contributed by atoms with Gasteiger partial charge in [-0.15, -0.1) is 0 Å². The van der Waals surface area contributed by atoms with Gasteiger partial charge < -0.3 is 5.32 Å². The molecule has 1 saturated carbocycles. The van der Waals surface area contributed by atoms with Gasteiger partial charge in [-0.05, 0) is 56.9 Å². The molecular weight excluding hydrogens is 352 g/mol. The van der Waals surface area contributed by atoms with E-state index in [9.17, 15) is 4.79 Å². The number of benzene rings is 1. The smallest absolute Gasteiger partial charge is 0.324 e. The number of rotatable bonds is 4. The van der Waals surface area contributed by atoms with E-state index in [-0.39, 0.29) is 6.03 Å². The first-order valence-corrected chi connectivity index (χ1v) is 10.0. The zero-order chi connectivity index (χ0) is 19.8. The number of anilines is 4. The normalized spacial score (nSPS) is 17.3. The number of urea groups is 1. The molecule has 2 heterocycles. The van der Waals surface area contributed by atoms with E-state index in [1.54, 1.807) is 18.1 Å². The molecule has 7 heteroatoms. The molecule has 148 valence electrons. The number of aromatic nitrogens is 2. The predicted octanol–water partition coefficient (Wildman–Crippen LogP) is 4.39. The third-order valence-corrected chi connectivity index (χ3v) is 5.54. The van der Waals surface area contributed by atoms with Gasteiger partial charge in [-0.25, -0.2) is 14.8 Å². The Kier molecular flexibility index (Phi) is 4.83. The first-order chi connectivity index (χ1) is 13.5. The van der Waals surface area contributed by atoms with Crippen molar-refractivity contribution in [1.82, 2.24) is 15.0 Å². The molecule has 2 aromatic rings. The fraction of sp³-hybridized carbons (Fsp3) is 0.476. The van der Waals surface area contributed by atoms with E-state index >= 15 is 0 Å². The van der Waals surface area contributed by atoms with Crippen molar-refractivity contribution < 1.29 is 4.79 Å². The summed E-state index contributed by atoms with van der Waals surface area (Å²) in [7, 11) is 1.79. The second-order valence-corrected chi connectivity index (χ2v) is 7.74. The topological polar surface area (TPSA) is 64.6 Å². The third kappa shape index (κ3) is 3.25. The first kappa shape index (κ1) is 18.5. The highest BCUT2D eigenvalue weighted by Gasteiger charge is 2.39. The van der Waals surface area contributed by atoms with E-state index < -0.39 is 0 Å². The van der Waals surface area contributed by atoms with Gasteiger partial charge in [0.2, 0.25) is 5.95 Å². The fourth-order valence-electron chi connectivity index (χ4n) is 4.30. The number of carbonyl (C=O) groups excluding carboxylic acids is 1. The summed E-state index contributed by atoms with van der Waals surface area (Å²) in [6.45, 7) is 6.78. The molecule has 1 aliphatic carbocycles. The summed E-state index contributed by atoms with van der Waals surface area (Å²) >= 11 is 0. The van der Waals surface area contributed by atoms with E-state index in [0.717, 1.165) is 30.0 Å². The van der Waals surface area contributed by atoms with E-state index in [1.807, 2.05) is 11.9 Å². The molecule has 0 radical (unpaired) electrons. The Labute approximate surface area is 166 Å². The van der Waals surface area contributed by atoms with Crippen molar-refractivity contribution in [3.63, 3.8) is 0 Å². The van der Waals surface area contributed by atoms with Gasteiger partial charge in [-0.3, -0.25) is 9.91 Å². The number of amides is 2. The highest BCUT2D eigenvalue weighted by molar-refractivity contribution is 5.98. The second kappa shape index (κ2) is 7.30. The summed E-state index contributed by atoms with van der Waals surface area (Å²) in [6.07, 6.45) is 6.29. The van der Waals surface area contributed by atoms with Crippen LogP contribution in [0.1, 0.15) is 43.7 Å². The zero-order valence-corrected chi connectivity index (χ0v) is 17.1. The SMILES string of the molecule is CCN1C(=O)N(C)c2cnc(Nc3cc(C)cc(C)c3)nc2N1C1CCCC1. The number of hydrazine groups is 1. The maximum absolute atomic E-state index is 12.9. The van der Waals surface area contributed by atoms with Crippen LogP contribution in [0.25, 0.3) is 0 Å². The number of hydrogen-bond acceptors (Lipinski definition) is 5. The number of nitrogens with one attached hydrogen (secondary N) is 1. The number of carbonyl (C=O) groups is 1. The number of hydrogen-bond donors (Lipinski definition) is 1. The summed E-state index contributed by atoms with van der Waals surface area (Å²) in [5, 5.41) is 7.26. The fourth-order valence-corrected chi connectivity index (χ4v) is 4.30. The maximum Gasteiger partial charge on any atom is 0.343 e. The Bertz CT molecular complexity index is 872. The Hall–Kier alpha value is -2.83.